The first-order chi connectivity index (χ1) is 17.6. The molecule has 0 bridgehead atoms. The normalized spacial score (nSPS) is 21.1. The smallest absolute Gasteiger partial charge is 0.256 e. The number of amides is 2. The number of halogens is 1. The molecular weight excluding hydrogens is 487 g/mol. The summed E-state index contributed by atoms with van der Waals surface area (Å²) in [5, 5.41) is 23.1. The number of nitrogens with one attached hydrogen (secondary N) is 1. The molecule has 1 aliphatic heterocycles. The average molecular weight is 513 g/mol. The lowest BCUT2D eigenvalue weighted by molar-refractivity contribution is -0.137. The number of aliphatic hydroxyl groups is 2. The van der Waals surface area contributed by atoms with Gasteiger partial charge in [-0.3, -0.25) is 14.2 Å². The second-order valence-corrected chi connectivity index (χ2v) is 8.50. The number of aliphatic hydroxyl groups excluding tert-OH is 2. The van der Waals surface area contributed by atoms with Gasteiger partial charge in [0.1, 0.15) is 17.7 Å². The number of nitrogen functional groups attached to an aromatic ring is 1. The van der Waals surface area contributed by atoms with Crippen LogP contribution in [0.1, 0.15) is 36.3 Å². The van der Waals surface area contributed by atoms with Gasteiger partial charge in [0.2, 0.25) is 11.8 Å². The highest BCUT2D eigenvalue weighted by Gasteiger charge is 2.47. The van der Waals surface area contributed by atoms with Crippen LogP contribution >= 0.6 is 0 Å². The first-order valence-electron chi connectivity index (χ1n) is 11.3. The summed E-state index contributed by atoms with van der Waals surface area (Å²) in [6.45, 7) is 3.63. The monoisotopic (exact) mass is 512 g/mol. The van der Waals surface area contributed by atoms with Crippen molar-refractivity contribution in [3.63, 3.8) is 0 Å². The predicted molar refractivity (Wildman–Crippen MR) is 127 cm³/mol. The van der Waals surface area contributed by atoms with Gasteiger partial charge < -0.3 is 30.9 Å². The summed E-state index contributed by atoms with van der Waals surface area (Å²) in [7, 11) is 1.38. The molecule has 2 amide bonds. The minimum absolute atomic E-state index is 0.0121. The van der Waals surface area contributed by atoms with E-state index < -0.39 is 36.4 Å². The van der Waals surface area contributed by atoms with Crippen LogP contribution in [0.5, 0.6) is 0 Å². The molecule has 194 valence electrons. The highest BCUT2D eigenvalue weighted by Crippen LogP contribution is 2.32. The number of likely N-dealkylation sites (N-methyl/N-ethyl adjacent to an activating group) is 1. The molecule has 4 atom stereocenters. The molecule has 1 unspecified atom stereocenters. The van der Waals surface area contributed by atoms with Crippen molar-refractivity contribution < 1.29 is 28.9 Å². The predicted octanol–water partition coefficient (Wildman–Crippen LogP) is -0.790. The number of fused-ring (bicyclic) bond motifs is 1. The number of nitrogens with zero attached hydrogens (tertiary/aromatic N) is 6. The van der Waals surface area contributed by atoms with Crippen LogP contribution in [0.3, 0.4) is 0 Å². The highest BCUT2D eigenvalue weighted by molar-refractivity contribution is 5.94. The largest absolute Gasteiger partial charge is 0.387 e. The third-order valence-electron chi connectivity index (χ3n) is 5.77. The lowest BCUT2D eigenvalue weighted by Gasteiger charge is -2.24. The van der Waals surface area contributed by atoms with Crippen molar-refractivity contribution in [2.24, 2.45) is 0 Å². The molecule has 4 rings (SSSR count). The van der Waals surface area contributed by atoms with Gasteiger partial charge in [-0.15, -0.1) is 0 Å². The van der Waals surface area contributed by atoms with Crippen LogP contribution in [0.15, 0.2) is 24.7 Å². The number of anilines is 1. The fourth-order valence-corrected chi connectivity index (χ4v) is 3.79. The topological polar surface area (TPSA) is 182 Å². The Morgan fingerprint density at radius 2 is 2.03 bits per heavy atom. The molecule has 13 nitrogen and oxygen atoms in total. The summed E-state index contributed by atoms with van der Waals surface area (Å²) in [6.07, 6.45) is -2.93. The van der Waals surface area contributed by atoms with Gasteiger partial charge in [0.05, 0.1) is 18.4 Å². The molecule has 0 radical (unpaired) electrons. The zero-order valence-electron chi connectivity index (χ0n) is 20.2. The number of ether oxygens (including phenoxy) is 1. The summed E-state index contributed by atoms with van der Waals surface area (Å²) in [6, 6.07) is 2.23. The van der Waals surface area contributed by atoms with Crippen LogP contribution in [0.2, 0.25) is 0 Å². The summed E-state index contributed by atoms with van der Waals surface area (Å²) in [5.41, 5.74) is 6.62. The Hall–Kier alpha value is -4.19. The van der Waals surface area contributed by atoms with E-state index in [0.717, 1.165) is 12.3 Å². The Morgan fingerprint density at radius 3 is 2.68 bits per heavy atom. The Kier molecular flexibility index (Phi) is 7.30. The zero-order chi connectivity index (χ0) is 26.9. The lowest BCUT2D eigenvalue weighted by Crippen LogP contribution is -2.41. The van der Waals surface area contributed by atoms with Crippen LogP contribution in [-0.4, -0.2) is 89.4 Å². The van der Waals surface area contributed by atoms with E-state index in [2.05, 4.69) is 37.1 Å². The lowest BCUT2D eigenvalue weighted by atomic mass is 10.1. The number of carbonyl (C=O) groups excluding carboxylic acids is 2. The van der Waals surface area contributed by atoms with Gasteiger partial charge in [-0.25, -0.2) is 19.9 Å². The molecule has 3 aromatic heterocycles. The Labute approximate surface area is 210 Å². The molecule has 0 saturated carbocycles. The van der Waals surface area contributed by atoms with Gasteiger partial charge in [0.25, 0.3) is 11.8 Å². The van der Waals surface area contributed by atoms with Crippen molar-refractivity contribution in [2.75, 3.05) is 19.3 Å². The highest BCUT2D eigenvalue weighted by atomic mass is 19.1. The third kappa shape index (κ3) is 5.05. The molecule has 3 aromatic rings. The first kappa shape index (κ1) is 25.9. The fraction of sp³-hybridized carbons (Fsp3) is 0.391. The summed E-state index contributed by atoms with van der Waals surface area (Å²) < 4.78 is 20.0. The molecule has 0 aromatic carbocycles. The average Bonchev–Trinajstić information content (AvgIpc) is 3.42. The third-order valence-corrected chi connectivity index (χ3v) is 5.77. The van der Waals surface area contributed by atoms with Crippen molar-refractivity contribution >= 4 is 28.8 Å². The molecule has 1 aliphatic rings. The number of hydrogen-bond acceptors (Lipinski definition) is 10. The summed E-state index contributed by atoms with van der Waals surface area (Å²) >= 11 is 0. The van der Waals surface area contributed by atoms with E-state index in [1.165, 1.54) is 28.9 Å². The van der Waals surface area contributed by atoms with Gasteiger partial charge in [-0.05, 0) is 31.9 Å². The zero-order valence-corrected chi connectivity index (χ0v) is 20.2. The number of carbonyl (C=O) groups is 2. The second kappa shape index (κ2) is 10.4. The molecule has 0 spiro atoms. The minimum atomic E-state index is -1.48. The molecule has 1 fully saturated rings. The van der Waals surface area contributed by atoms with E-state index in [1.54, 1.807) is 0 Å². The number of rotatable bonds is 5. The van der Waals surface area contributed by atoms with Crippen molar-refractivity contribution in [2.45, 2.75) is 44.4 Å². The standard InChI is InChI=1S/C23H25FN8O5/c1-11(2)31(22(36)12-6-7-13(24)27-9-12)8-4-5-14-29-19(25)15-20(30-14)32(10-28-15)23-17(34)16(33)18(37-23)21(35)26-3/h6-7,9-11,16-18,23,33-34H,8H2,1-3H3,(H,26,35)(H2,25,29,30)/t16?,17-,18+,23-/m1/s1. The Bertz CT molecular complexity index is 1380. The quantitative estimate of drug-likeness (QED) is 0.250. The maximum atomic E-state index is 13.1. The Morgan fingerprint density at radius 1 is 1.27 bits per heavy atom. The molecule has 4 heterocycles. The van der Waals surface area contributed by atoms with Crippen molar-refractivity contribution in [1.82, 2.24) is 34.7 Å². The maximum absolute atomic E-state index is 13.1. The van der Waals surface area contributed by atoms with Crippen molar-refractivity contribution in [3.8, 4) is 11.8 Å². The van der Waals surface area contributed by atoms with E-state index in [0.29, 0.717) is 0 Å². The van der Waals surface area contributed by atoms with Crippen molar-refractivity contribution in [1.29, 1.82) is 0 Å². The number of nitrogens with two attached hydrogens (primary N) is 1. The number of hydrogen-bond donors (Lipinski definition) is 4. The van der Waals surface area contributed by atoms with E-state index >= 15 is 0 Å². The number of imidazole rings is 1. The van der Waals surface area contributed by atoms with Crippen LogP contribution in [0, 0.1) is 17.8 Å². The van der Waals surface area contributed by atoms with Gasteiger partial charge in [-0.2, -0.15) is 4.39 Å². The molecule has 1 saturated heterocycles. The number of pyridine rings is 1. The van der Waals surface area contributed by atoms with E-state index in [4.69, 9.17) is 10.5 Å². The van der Waals surface area contributed by atoms with Crippen LogP contribution < -0.4 is 11.1 Å². The minimum Gasteiger partial charge on any atom is -0.387 e. The van der Waals surface area contributed by atoms with Gasteiger partial charge in [-0.1, -0.05) is 5.92 Å². The molecule has 37 heavy (non-hydrogen) atoms. The first-order valence-corrected chi connectivity index (χ1v) is 11.3. The molecular formula is C23H25FN8O5. The van der Waals surface area contributed by atoms with E-state index in [-0.39, 0.29) is 46.9 Å². The van der Waals surface area contributed by atoms with Gasteiger partial charge in [0.15, 0.2) is 23.8 Å². The van der Waals surface area contributed by atoms with Crippen LogP contribution in [-0.2, 0) is 9.53 Å². The van der Waals surface area contributed by atoms with Gasteiger partial charge in [0, 0.05) is 19.3 Å². The van der Waals surface area contributed by atoms with E-state index in [9.17, 15) is 24.2 Å². The Balaban J connectivity index is 1.60. The summed E-state index contributed by atoms with van der Waals surface area (Å²) in [5.74, 6) is 3.97. The number of aromatic nitrogens is 5. The van der Waals surface area contributed by atoms with Crippen molar-refractivity contribution in [3.05, 3.63) is 42.0 Å². The fourth-order valence-electron chi connectivity index (χ4n) is 3.79. The maximum Gasteiger partial charge on any atom is 0.256 e. The second-order valence-electron chi connectivity index (χ2n) is 8.50. The molecule has 0 aliphatic carbocycles. The SMILES string of the molecule is CNC(=O)[C@H]1O[C@@H](n2cnc3c(N)nc(C#CCN(C(=O)c4ccc(F)nc4)C(C)C)nc32)[C@H](O)C1O. The summed E-state index contributed by atoms with van der Waals surface area (Å²) in [4.78, 5) is 42.4. The molecule has 5 N–H and O–H groups in total. The van der Waals surface area contributed by atoms with Gasteiger partial charge >= 0.3 is 0 Å². The van der Waals surface area contributed by atoms with Crippen LogP contribution in [0.25, 0.3) is 11.2 Å². The molecule has 14 heteroatoms. The van der Waals surface area contributed by atoms with Crippen LogP contribution in [0.4, 0.5) is 10.2 Å². The van der Waals surface area contributed by atoms with E-state index in [1.807, 2.05) is 13.8 Å².